The monoisotopic (exact) mass is 538 g/mol. The van der Waals surface area contributed by atoms with Crippen molar-refractivity contribution in [2.45, 2.75) is 61.8 Å². The summed E-state index contributed by atoms with van der Waals surface area (Å²) in [6.07, 6.45) is 7.88. The molecule has 1 saturated heterocycles. The van der Waals surface area contributed by atoms with Crippen LogP contribution in [0, 0.1) is 23.7 Å². The lowest BCUT2D eigenvalue weighted by atomic mass is 9.53. The van der Waals surface area contributed by atoms with E-state index in [9.17, 15) is 18.0 Å². The molecule has 8 nitrogen and oxygen atoms in total. The van der Waals surface area contributed by atoms with E-state index in [0.29, 0.717) is 12.8 Å². The van der Waals surface area contributed by atoms with E-state index < -0.39 is 10.0 Å². The van der Waals surface area contributed by atoms with Crippen molar-refractivity contribution in [1.82, 2.24) is 20.5 Å². The Morgan fingerprint density at radius 3 is 2.00 bits per heavy atom. The molecular formula is C23H31BrN4O4S. The van der Waals surface area contributed by atoms with Gasteiger partial charge in [0.05, 0.1) is 4.90 Å². The maximum atomic E-state index is 12.8. The standard InChI is InChI=1S/C23H31BrN4O4S/c24-19-1-3-20(4-2-19)33(31,32)28-7-5-18(6-8-28)21(29)26-27-22(30)25-23-12-15-9-16(13-23)11-17(10-15)14-23/h1-4,15-18H,5-14H2,(H,26,29)(H2,25,27,30). The second-order valence-electron chi connectivity index (χ2n) is 10.4. The molecule has 5 aliphatic rings. The number of carbonyl (C=O) groups is 2. The minimum Gasteiger partial charge on any atom is -0.331 e. The summed E-state index contributed by atoms with van der Waals surface area (Å²) in [4.78, 5) is 25.4. The number of piperidine rings is 1. The Balaban J connectivity index is 1.09. The Morgan fingerprint density at radius 1 is 0.909 bits per heavy atom. The van der Waals surface area contributed by atoms with Crippen LogP contribution in [0.1, 0.15) is 51.4 Å². The highest BCUT2D eigenvalue weighted by atomic mass is 79.9. The van der Waals surface area contributed by atoms with Crippen LogP contribution >= 0.6 is 15.9 Å². The summed E-state index contributed by atoms with van der Waals surface area (Å²) < 4.78 is 27.9. The fourth-order valence-corrected chi connectivity index (χ4v) is 8.60. The molecule has 1 heterocycles. The minimum atomic E-state index is -3.58. The molecule has 180 valence electrons. The second-order valence-corrected chi connectivity index (χ2v) is 13.3. The predicted molar refractivity (Wildman–Crippen MR) is 126 cm³/mol. The third kappa shape index (κ3) is 4.79. The van der Waals surface area contributed by atoms with E-state index >= 15 is 0 Å². The fraction of sp³-hybridized carbons (Fsp3) is 0.652. The van der Waals surface area contributed by atoms with Crippen LogP contribution in [0.15, 0.2) is 33.6 Å². The molecule has 3 amide bonds. The Bertz CT molecular complexity index is 986. The van der Waals surface area contributed by atoms with Crippen molar-refractivity contribution in [2.24, 2.45) is 23.7 Å². The lowest BCUT2D eigenvalue weighted by molar-refractivity contribution is -0.126. The topological polar surface area (TPSA) is 108 Å². The first-order chi connectivity index (χ1) is 15.7. The van der Waals surface area contributed by atoms with Crippen molar-refractivity contribution in [3.8, 4) is 0 Å². The van der Waals surface area contributed by atoms with Crippen LogP contribution in [0.4, 0.5) is 4.79 Å². The molecule has 0 unspecified atom stereocenters. The van der Waals surface area contributed by atoms with Gasteiger partial charge in [-0.05, 0) is 93.4 Å². The van der Waals surface area contributed by atoms with E-state index in [2.05, 4.69) is 32.1 Å². The number of urea groups is 1. The summed E-state index contributed by atoms with van der Waals surface area (Å²) in [6, 6.07) is 6.20. The molecule has 1 aromatic carbocycles. The van der Waals surface area contributed by atoms with E-state index in [1.807, 2.05) is 0 Å². The Labute approximate surface area is 203 Å². The van der Waals surface area contributed by atoms with Crippen LogP contribution in [0.25, 0.3) is 0 Å². The lowest BCUT2D eigenvalue weighted by Gasteiger charge is -2.56. The normalized spacial score (nSPS) is 31.8. The van der Waals surface area contributed by atoms with E-state index in [-0.39, 0.29) is 41.4 Å². The van der Waals surface area contributed by atoms with Crippen molar-refractivity contribution < 1.29 is 18.0 Å². The average molecular weight is 539 g/mol. The summed E-state index contributed by atoms with van der Waals surface area (Å²) in [6.45, 7) is 0.548. The average Bonchev–Trinajstić information content (AvgIpc) is 2.76. The smallest absolute Gasteiger partial charge is 0.331 e. The largest absolute Gasteiger partial charge is 0.333 e. The van der Waals surface area contributed by atoms with Crippen LogP contribution in [0.2, 0.25) is 0 Å². The van der Waals surface area contributed by atoms with Gasteiger partial charge in [0.25, 0.3) is 0 Å². The number of carbonyl (C=O) groups excluding carboxylic acids is 2. The van der Waals surface area contributed by atoms with Crippen LogP contribution < -0.4 is 16.2 Å². The number of nitrogens with zero attached hydrogens (tertiary/aromatic N) is 1. The van der Waals surface area contributed by atoms with Crippen LogP contribution in [0.5, 0.6) is 0 Å². The van der Waals surface area contributed by atoms with Crippen molar-refractivity contribution in [3.05, 3.63) is 28.7 Å². The molecule has 3 N–H and O–H groups in total. The molecule has 4 aliphatic carbocycles. The first kappa shape index (κ1) is 23.1. The molecule has 4 bridgehead atoms. The highest BCUT2D eigenvalue weighted by Gasteiger charge is 2.51. The molecule has 10 heteroatoms. The van der Waals surface area contributed by atoms with Gasteiger partial charge in [-0.1, -0.05) is 15.9 Å². The molecule has 1 aromatic rings. The maximum absolute atomic E-state index is 12.8. The summed E-state index contributed by atoms with van der Waals surface area (Å²) in [5.74, 6) is 1.58. The minimum absolute atomic E-state index is 0.115. The summed E-state index contributed by atoms with van der Waals surface area (Å²) >= 11 is 3.31. The predicted octanol–water partition coefficient (Wildman–Crippen LogP) is 3.15. The number of nitrogens with one attached hydrogen (secondary N) is 3. The van der Waals surface area contributed by atoms with Crippen LogP contribution in [0.3, 0.4) is 0 Å². The maximum Gasteiger partial charge on any atom is 0.333 e. The molecule has 5 fully saturated rings. The van der Waals surface area contributed by atoms with Crippen molar-refractivity contribution in [1.29, 1.82) is 0 Å². The van der Waals surface area contributed by atoms with Gasteiger partial charge >= 0.3 is 6.03 Å². The van der Waals surface area contributed by atoms with Crippen LogP contribution in [-0.2, 0) is 14.8 Å². The van der Waals surface area contributed by atoms with Crippen molar-refractivity contribution in [2.75, 3.05) is 13.1 Å². The van der Waals surface area contributed by atoms with E-state index in [4.69, 9.17) is 0 Å². The number of sulfonamides is 1. The third-order valence-electron chi connectivity index (χ3n) is 7.99. The lowest BCUT2D eigenvalue weighted by Crippen LogP contribution is -2.63. The first-order valence-electron chi connectivity index (χ1n) is 11.9. The molecule has 0 aromatic heterocycles. The summed E-state index contributed by atoms with van der Waals surface area (Å²) in [5, 5.41) is 3.18. The van der Waals surface area contributed by atoms with Crippen LogP contribution in [-0.4, -0.2) is 43.3 Å². The molecular weight excluding hydrogens is 508 g/mol. The quantitative estimate of drug-likeness (QED) is 0.511. The van der Waals surface area contributed by atoms with Gasteiger partial charge in [-0.25, -0.2) is 18.6 Å². The first-order valence-corrected chi connectivity index (χ1v) is 14.1. The van der Waals surface area contributed by atoms with Gasteiger partial charge in [-0.2, -0.15) is 4.31 Å². The Hall–Kier alpha value is -1.65. The number of benzene rings is 1. The van der Waals surface area contributed by atoms with Crippen molar-refractivity contribution >= 4 is 37.9 Å². The van der Waals surface area contributed by atoms with Crippen molar-refractivity contribution in [3.63, 3.8) is 0 Å². The highest BCUT2D eigenvalue weighted by Crippen LogP contribution is 2.55. The molecule has 33 heavy (non-hydrogen) atoms. The number of halogens is 1. The molecule has 0 atom stereocenters. The summed E-state index contributed by atoms with van der Waals surface area (Å²) in [7, 11) is -3.58. The molecule has 1 aliphatic heterocycles. The fourth-order valence-electron chi connectivity index (χ4n) is 6.87. The SMILES string of the molecule is O=C(NNC(=O)C1CCN(S(=O)(=O)c2ccc(Br)cc2)CC1)NC12CC3CC(CC(C3)C1)C2. The third-order valence-corrected chi connectivity index (χ3v) is 10.4. The zero-order valence-electron chi connectivity index (χ0n) is 18.6. The van der Waals surface area contributed by atoms with Gasteiger partial charge in [0.15, 0.2) is 0 Å². The van der Waals surface area contributed by atoms with Gasteiger partial charge in [0, 0.05) is 29.0 Å². The van der Waals surface area contributed by atoms with Gasteiger partial charge in [-0.15, -0.1) is 0 Å². The number of hydrazine groups is 1. The van der Waals surface area contributed by atoms with Gasteiger partial charge in [0.2, 0.25) is 15.9 Å². The zero-order valence-corrected chi connectivity index (χ0v) is 21.0. The number of hydrogen-bond donors (Lipinski definition) is 3. The number of hydrogen-bond acceptors (Lipinski definition) is 4. The molecule has 0 radical (unpaired) electrons. The summed E-state index contributed by atoms with van der Waals surface area (Å²) in [5.41, 5.74) is 4.98. The second kappa shape index (κ2) is 8.85. The number of amides is 3. The molecule has 6 rings (SSSR count). The number of rotatable bonds is 4. The van der Waals surface area contributed by atoms with E-state index in [1.54, 1.807) is 24.3 Å². The molecule has 0 spiro atoms. The van der Waals surface area contributed by atoms with Gasteiger partial charge < -0.3 is 5.32 Å². The van der Waals surface area contributed by atoms with Gasteiger partial charge in [-0.3, -0.25) is 10.2 Å². The van der Waals surface area contributed by atoms with E-state index in [0.717, 1.165) is 41.5 Å². The molecule has 4 saturated carbocycles. The van der Waals surface area contributed by atoms with Gasteiger partial charge in [0.1, 0.15) is 0 Å². The highest BCUT2D eigenvalue weighted by molar-refractivity contribution is 9.10. The Kier molecular flexibility index (Phi) is 6.20. The van der Waals surface area contributed by atoms with E-state index in [1.165, 1.54) is 23.6 Å². The zero-order chi connectivity index (χ0) is 23.2. The Morgan fingerprint density at radius 2 is 1.45 bits per heavy atom.